The summed E-state index contributed by atoms with van der Waals surface area (Å²) >= 11 is 0. The fourth-order valence-electron chi connectivity index (χ4n) is 3.24. The second-order valence-corrected chi connectivity index (χ2v) is 7.08. The monoisotopic (exact) mass is 382 g/mol. The van der Waals surface area contributed by atoms with Gasteiger partial charge in [-0.25, -0.2) is 0 Å². The standard InChI is InChI=1S/C22H32N4.C2H6/c1-4-18(13-16(2)14-23)15-25-22(24)19-9-11-20(12-10-19)26-21-8-6-5-7-17(21)3;1-2/h4,9-13,17,21,26H,1-2,5-8,14-15,23H2,3H3,(H2,24,25);1-2H3/b18-13+;. The van der Waals surface area contributed by atoms with E-state index < -0.39 is 0 Å². The first kappa shape index (κ1) is 23.7. The maximum Gasteiger partial charge on any atom is 0.125 e. The summed E-state index contributed by atoms with van der Waals surface area (Å²) in [4.78, 5) is 4.46. The van der Waals surface area contributed by atoms with Crippen LogP contribution in [0.4, 0.5) is 5.69 Å². The smallest absolute Gasteiger partial charge is 0.125 e. The van der Waals surface area contributed by atoms with E-state index in [1.165, 1.54) is 25.7 Å². The Morgan fingerprint density at radius 3 is 2.43 bits per heavy atom. The van der Waals surface area contributed by atoms with Crippen molar-refractivity contribution in [1.82, 2.24) is 0 Å². The zero-order valence-electron chi connectivity index (χ0n) is 17.9. The van der Waals surface area contributed by atoms with Crippen LogP contribution in [-0.2, 0) is 0 Å². The van der Waals surface area contributed by atoms with Gasteiger partial charge in [0.15, 0.2) is 0 Å². The van der Waals surface area contributed by atoms with Crippen LogP contribution in [0.5, 0.6) is 0 Å². The number of nitrogens with zero attached hydrogens (tertiary/aromatic N) is 1. The molecule has 5 N–H and O–H groups in total. The lowest BCUT2D eigenvalue weighted by Crippen LogP contribution is -2.30. The summed E-state index contributed by atoms with van der Waals surface area (Å²) in [5.74, 6) is 1.25. The molecule has 1 fully saturated rings. The second kappa shape index (κ2) is 12.9. The van der Waals surface area contributed by atoms with E-state index in [1.807, 2.05) is 32.1 Å². The van der Waals surface area contributed by atoms with Gasteiger partial charge in [-0.05, 0) is 54.2 Å². The number of amidine groups is 1. The number of aliphatic imine (C=N–C) groups is 1. The Bertz CT molecular complexity index is 670. The molecule has 0 spiro atoms. The SMILES string of the molecule is C=C/C(=C\C(=C)CN)CN=C(N)c1ccc(NC2CCCCC2C)cc1.CC. The fraction of sp³-hybridized carbons (Fsp3) is 0.458. The molecular weight excluding hydrogens is 344 g/mol. The first-order valence-electron chi connectivity index (χ1n) is 10.4. The summed E-state index contributed by atoms with van der Waals surface area (Å²) in [7, 11) is 0. The van der Waals surface area contributed by atoms with Gasteiger partial charge in [0.25, 0.3) is 0 Å². The van der Waals surface area contributed by atoms with E-state index in [9.17, 15) is 0 Å². The van der Waals surface area contributed by atoms with Crippen LogP contribution in [0.2, 0.25) is 0 Å². The highest BCUT2D eigenvalue weighted by Crippen LogP contribution is 2.26. The van der Waals surface area contributed by atoms with E-state index in [-0.39, 0.29) is 0 Å². The average Bonchev–Trinajstić information content (AvgIpc) is 2.74. The molecule has 1 aromatic rings. The van der Waals surface area contributed by atoms with Gasteiger partial charge in [-0.2, -0.15) is 0 Å². The van der Waals surface area contributed by atoms with Gasteiger partial charge in [-0.1, -0.05) is 58.9 Å². The van der Waals surface area contributed by atoms with E-state index >= 15 is 0 Å². The number of nitrogens with one attached hydrogen (secondary N) is 1. The lowest BCUT2D eigenvalue weighted by atomic mass is 9.86. The highest BCUT2D eigenvalue weighted by Gasteiger charge is 2.20. The maximum atomic E-state index is 6.14. The number of hydrogen-bond acceptors (Lipinski definition) is 3. The van der Waals surface area contributed by atoms with Gasteiger partial charge in [-0.15, -0.1) is 0 Å². The van der Waals surface area contributed by atoms with Crippen molar-refractivity contribution in [2.75, 3.05) is 18.4 Å². The fourth-order valence-corrected chi connectivity index (χ4v) is 3.24. The molecule has 0 radical (unpaired) electrons. The van der Waals surface area contributed by atoms with Crippen molar-refractivity contribution >= 4 is 11.5 Å². The molecule has 0 amide bonds. The molecule has 1 aliphatic carbocycles. The third-order valence-electron chi connectivity index (χ3n) is 4.99. The first-order chi connectivity index (χ1) is 13.5. The van der Waals surface area contributed by atoms with Crippen LogP contribution < -0.4 is 16.8 Å². The third-order valence-corrected chi connectivity index (χ3v) is 4.99. The second-order valence-electron chi connectivity index (χ2n) is 7.08. The number of nitrogens with two attached hydrogens (primary N) is 2. The van der Waals surface area contributed by atoms with Crippen molar-refractivity contribution in [3.05, 3.63) is 66.3 Å². The molecule has 0 saturated heterocycles. The quantitative estimate of drug-likeness (QED) is 0.335. The molecule has 154 valence electrons. The zero-order chi connectivity index (χ0) is 20.9. The molecule has 0 heterocycles. The number of rotatable bonds is 8. The molecule has 2 rings (SSSR count). The minimum Gasteiger partial charge on any atom is -0.383 e. The van der Waals surface area contributed by atoms with Crippen LogP contribution >= 0.6 is 0 Å². The van der Waals surface area contributed by atoms with Crippen molar-refractivity contribution in [2.24, 2.45) is 22.4 Å². The Hall–Kier alpha value is -2.33. The highest BCUT2D eigenvalue weighted by atomic mass is 14.9. The van der Waals surface area contributed by atoms with E-state index in [2.05, 4.69) is 42.5 Å². The van der Waals surface area contributed by atoms with Crippen molar-refractivity contribution < 1.29 is 0 Å². The third kappa shape index (κ3) is 7.73. The van der Waals surface area contributed by atoms with Gasteiger partial charge in [0.1, 0.15) is 5.84 Å². The van der Waals surface area contributed by atoms with Crippen LogP contribution in [0, 0.1) is 5.92 Å². The van der Waals surface area contributed by atoms with Gasteiger partial charge in [-0.3, -0.25) is 4.99 Å². The summed E-state index contributed by atoms with van der Waals surface area (Å²) in [5, 5.41) is 3.66. The van der Waals surface area contributed by atoms with Crippen molar-refractivity contribution in [2.45, 2.75) is 52.5 Å². The van der Waals surface area contributed by atoms with Crippen LogP contribution in [0.25, 0.3) is 0 Å². The van der Waals surface area contributed by atoms with E-state index in [1.54, 1.807) is 6.08 Å². The number of hydrogen-bond donors (Lipinski definition) is 3. The molecule has 0 bridgehead atoms. The van der Waals surface area contributed by atoms with Gasteiger partial charge < -0.3 is 16.8 Å². The molecule has 0 aliphatic heterocycles. The summed E-state index contributed by atoms with van der Waals surface area (Å²) in [6.07, 6.45) is 8.89. The predicted octanol–water partition coefficient (Wildman–Crippen LogP) is 5.04. The lowest BCUT2D eigenvalue weighted by Gasteiger charge is -2.30. The maximum absolute atomic E-state index is 6.14. The summed E-state index contributed by atoms with van der Waals surface area (Å²) in [5.41, 5.74) is 15.6. The Morgan fingerprint density at radius 1 is 1.21 bits per heavy atom. The molecular formula is C24H38N4. The molecule has 0 aromatic heterocycles. The topological polar surface area (TPSA) is 76.4 Å². The Balaban J connectivity index is 0.00000190. The van der Waals surface area contributed by atoms with E-state index in [0.29, 0.717) is 25.0 Å². The van der Waals surface area contributed by atoms with Gasteiger partial charge in [0.05, 0.1) is 6.54 Å². The Kier molecular flexibility index (Phi) is 11.0. The van der Waals surface area contributed by atoms with Crippen molar-refractivity contribution in [3.8, 4) is 0 Å². The molecule has 1 saturated carbocycles. The molecule has 4 heteroatoms. The average molecular weight is 383 g/mol. The van der Waals surface area contributed by atoms with Gasteiger partial charge in [0.2, 0.25) is 0 Å². The summed E-state index contributed by atoms with van der Waals surface area (Å²) in [6, 6.07) is 8.77. The van der Waals surface area contributed by atoms with Crippen LogP contribution in [0.1, 0.15) is 52.0 Å². The molecule has 4 nitrogen and oxygen atoms in total. The van der Waals surface area contributed by atoms with Gasteiger partial charge >= 0.3 is 0 Å². The molecule has 2 unspecified atom stereocenters. The molecule has 2 atom stereocenters. The molecule has 1 aliphatic rings. The Labute approximate surface area is 171 Å². The predicted molar refractivity (Wildman–Crippen MR) is 125 cm³/mol. The minimum atomic E-state index is 0.421. The van der Waals surface area contributed by atoms with Crippen molar-refractivity contribution in [3.63, 3.8) is 0 Å². The van der Waals surface area contributed by atoms with Gasteiger partial charge in [0, 0.05) is 23.8 Å². The minimum absolute atomic E-state index is 0.421. The number of anilines is 1. The number of benzene rings is 1. The van der Waals surface area contributed by atoms with Crippen LogP contribution in [0.15, 0.2) is 65.7 Å². The normalized spacial score (nSPS) is 20.0. The largest absolute Gasteiger partial charge is 0.383 e. The molecule has 1 aromatic carbocycles. The molecule has 28 heavy (non-hydrogen) atoms. The zero-order valence-corrected chi connectivity index (χ0v) is 17.9. The van der Waals surface area contributed by atoms with E-state index in [0.717, 1.165) is 28.3 Å². The Morgan fingerprint density at radius 2 is 1.86 bits per heavy atom. The first-order valence-corrected chi connectivity index (χ1v) is 10.4. The van der Waals surface area contributed by atoms with Crippen molar-refractivity contribution in [1.29, 1.82) is 0 Å². The lowest BCUT2D eigenvalue weighted by molar-refractivity contribution is 0.349. The summed E-state index contributed by atoms with van der Waals surface area (Å²) < 4.78 is 0. The van der Waals surface area contributed by atoms with Crippen LogP contribution in [0.3, 0.4) is 0 Å². The summed E-state index contributed by atoms with van der Waals surface area (Å²) in [6.45, 7) is 14.9. The van der Waals surface area contributed by atoms with E-state index in [4.69, 9.17) is 11.5 Å². The van der Waals surface area contributed by atoms with Crippen LogP contribution in [-0.4, -0.2) is 25.0 Å². The highest BCUT2D eigenvalue weighted by molar-refractivity contribution is 5.97.